The van der Waals surface area contributed by atoms with Crippen molar-refractivity contribution in [2.45, 2.75) is 25.9 Å². The average Bonchev–Trinajstić information content (AvgIpc) is 2.19. The van der Waals surface area contributed by atoms with Crippen molar-refractivity contribution >= 4 is 5.97 Å². The first-order chi connectivity index (χ1) is 7.08. The zero-order valence-corrected chi connectivity index (χ0v) is 8.45. The van der Waals surface area contributed by atoms with Gasteiger partial charge in [-0.05, 0) is 36.1 Å². The average molecular weight is 207 g/mol. The van der Waals surface area contributed by atoms with Gasteiger partial charge in [-0.2, -0.15) is 0 Å². The molecule has 1 aromatic carbocycles. The maximum atomic E-state index is 10.8. The molecule has 3 N–H and O–H groups in total. The molecular weight excluding hydrogens is 194 g/mol. The minimum atomic E-state index is -0.827. The number of fused-ring (bicyclic) bond motifs is 1. The number of carboxylic acids is 1. The van der Waals surface area contributed by atoms with Crippen LogP contribution in [0.2, 0.25) is 0 Å². The van der Waals surface area contributed by atoms with Crippen molar-refractivity contribution in [1.29, 1.82) is 0 Å². The Morgan fingerprint density at radius 2 is 2.20 bits per heavy atom. The fourth-order valence-electron chi connectivity index (χ4n) is 1.85. The molecule has 0 saturated carbocycles. The smallest absolute Gasteiger partial charge is 0.321 e. The highest BCUT2D eigenvalue weighted by molar-refractivity contribution is 5.74. The molecule has 1 atom stereocenters. The second-order valence-electron chi connectivity index (χ2n) is 3.88. The van der Waals surface area contributed by atoms with E-state index in [0.717, 1.165) is 16.7 Å². The second-order valence-corrected chi connectivity index (χ2v) is 3.88. The van der Waals surface area contributed by atoms with Gasteiger partial charge in [0.25, 0.3) is 0 Å². The summed E-state index contributed by atoms with van der Waals surface area (Å²) in [5.74, 6) is -0.560. The number of aromatic hydroxyl groups is 1. The van der Waals surface area contributed by atoms with Crippen molar-refractivity contribution in [2.75, 3.05) is 0 Å². The first-order valence-electron chi connectivity index (χ1n) is 4.85. The van der Waals surface area contributed by atoms with Crippen molar-refractivity contribution in [3.8, 4) is 5.75 Å². The van der Waals surface area contributed by atoms with Crippen LogP contribution in [0.4, 0.5) is 0 Å². The number of rotatable bonds is 1. The zero-order chi connectivity index (χ0) is 11.0. The van der Waals surface area contributed by atoms with E-state index in [1.54, 1.807) is 6.07 Å². The molecule has 0 aliphatic carbocycles. The minimum Gasteiger partial charge on any atom is -0.508 e. The van der Waals surface area contributed by atoms with Gasteiger partial charge in [0.15, 0.2) is 0 Å². The van der Waals surface area contributed by atoms with Gasteiger partial charge in [0.05, 0.1) is 0 Å². The summed E-state index contributed by atoms with van der Waals surface area (Å²) >= 11 is 0. The summed E-state index contributed by atoms with van der Waals surface area (Å²) in [5.41, 5.74) is 2.78. The number of phenols is 1. The van der Waals surface area contributed by atoms with Crippen LogP contribution in [0.3, 0.4) is 0 Å². The fraction of sp³-hybridized carbons (Fsp3) is 0.364. The molecular formula is C11H13NO3. The Kier molecular flexibility index (Phi) is 2.36. The largest absolute Gasteiger partial charge is 0.508 e. The van der Waals surface area contributed by atoms with Crippen molar-refractivity contribution in [3.05, 3.63) is 28.8 Å². The number of carboxylic acid groups (broad SMARTS) is 1. The lowest BCUT2D eigenvalue weighted by atomic mass is 9.94. The molecule has 0 spiro atoms. The standard InChI is InChI=1S/C11H13NO3/c1-6-2-7-3-9(11(14)15)12-5-8(7)4-10(6)13/h2,4,9,12-13H,3,5H2,1H3,(H,14,15). The molecule has 1 aliphatic rings. The Balaban J connectivity index is 2.34. The Labute approximate surface area is 87.6 Å². The van der Waals surface area contributed by atoms with E-state index in [1.165, 1.54) is 0 Å². The number of aryl methyl sites for hydroxylation is 1. The Morgan fingerprint density at radius 3 is 2.87 bits per heavy atom. The number of hydrogen-bond donors (Lipinski definition) is 3. The van der Waals surface area contributed by atoms with E-state index in [-0.39, 0.29) is 5.75 Å². The van der Waals surface area contributed by atoms with Gasteiger partial charge in [-0.25, -0.2) is 0 Å². The third-order valence-corrected chi connectivity index (χ3v) is 2.78. The van der Waals surface area contributed by atoms with E-state index in [9.17, 15) is 9.90 Å². The van der Waals surface area contributed by atoms with Crippen LogP contribution in [-0.4, -0.2) is 22.2 Å². The van der Waals surface area contributed by atoms with Gasteiger partial charge >= 0.3 is 5.97 Å². The van der Waals surface area contributed by atoms with Crippen LogP contribution in [0.15, 0.2) is 12.1 Å². The number of carbonyl (C=O) groups is 1. The van der Waals surface area contributed by atoms with Crippen LogP contribution < -0.4 is 5.32 Å². The summed E-state index contributed by atoms with van der Waals surface area (Å²) in [6.07, 6.45) is 0.478. The number of phenolic OH excluding ortho intramolecular Hbond substituents is 1. The summed E-state index contributed by atoms with van der Waals surface area (Å²) in [7, 11) is 0. The predicted molar refractivity (Wildman–Crippen MR) is 54.8 cm³/mol. The molecule has 0 bridgehead atoms. The first kappa shape index (κ1) is 9.98. The quantitative estimate of drug-likeness (QED) is 0.637. The highest BCUT2D eigenvalue weighted by atomic mass is 16.4. The van der Waals surface area contributed by atoms with E-state index in [1.807, 2.05) is 13.0 Å². The predicted octanol–water partition coefficient (Wildman–Crippen LogP) is 0.800. The monoisotopic (exact) mass is 207 g/mol. The van der Waals surface area contributed by atoms with Crippen molar-refractivity contribution in [2.24, 2.45) is 0 Å². The molecule has 1 aliphatic heterocycles. The summed E-state index contributed by atoms with van der Waals surface area (Å²) in [6.45, 7) is 2.31. The molecule has 1 heterocycles. The Morgan fingerprint density at radius 1 is 1.47 bits per heavy atom. The highest BCUT2D eigenvalue weighted by Crippen LogP contribution is 2.25. The second kappa shape index (κ2) is 3.55. The molecule has 1 aromatic rings. The van der Waals surface area contributed by atoms with E-state index in [4.69, 9.17) is 5.11 Å². The van der Waals surface area contributed by atoms with Gasteiger partial charge in [0, 0.05) is 6.54 Å². The SMILES string of the molecule is Cc1cc2c(cc1O)CNC(C(=O)O)C2. The molecule has 0 radical (unpaired) electrons. The van der Waals surface area contributed by atoms with Crippen LogP contribution in [0.1, 0.15) is 16.7 Å². The molecule has 0 saturated heterocycles. The lowest BCUT2D eigenvalue weighted by Crippen LogP contribution is -2.41. The summed E-state index contributed by atoms with van der Waals surface area (Å²) in [4.78, 5) is 10.8. The lowest BCUT2D eigenvalue weighted by molar-refractivity contribution is -0.139. The maximum absolute atomic E-state index is 10.8. The topological polar surface area (TPSA) is 69.6 Å². The molecule has 1 unspecified atom stereocenters. The van der Waals surface area contributed by atoms with Gasteiger partial charge < -0.3 is 15.5 Å². The van der Waals surface area contributed by atoms with Gasteiger partial charge in [-0.1, -0.05) is 6.07 Å². The number of hydrogen-bond acceptors (Lipinski definition) is 3. The van der Waals surface area contributed by atoms with Crippen LogP contribution in [-0.2, 0) is 17.8 Å². The third kappa shape index (κ3) is 1.80. The van der Waals surface area contributed by atoms with Crippen molar-refractivity contribution in [1.82, 2.24) is 5.32 Å². The van der Waals surface area contributed by atoms with Crippen LogP contribution in [0.25, 0.3) is 0 Å². The van der Waals surface area contributed by atoms with Crippen LogP contribution in [0, 0.1) is 6.92 Å². The molecule has 0 amide bonds. The Bertz CT molecular complexity index is 415. The fourth-order valence-corrected chi connectivity index (χ4v) is 1.85. The molecule has 4 heteroatoms. The van der Waals surface area contributed by atoms with Gasteiger partial charge in [-0.15, -0.1) is 0 Å². The van der Waals surface area contributed by atoms with Crippen molar-refractivity contribution in [3.63, 3.8) is 0 Å². The summed E-state index contributed by atoms with van der Waals surface area (Å²) < 4.78 is 0. The normalized spacial score (nSPS) is 19.7. The zero-order valence-electron chi connectivity index (χ0n) is 8.45. The molecule has 2 rings (SSSR count). The first-order valence-corrected chi connectivity index (χ1v) is 4.85. The number of benzene rings is 1. The molecule has 0 aromatic heterocycles. The minimum absolute atomic E-state index is 0.268. The summed E-state index contributed by atoms with van der Waals surface area (Å²) in [5, 5.41) is 21.3. The van der Waals surface area contributed by atoms with E-state index < -0.39 is 12.0 Å². The van der Waals surface area contributed by atoms with E-state index in [0.29, 0.717) is 13.0 Å². The molecule has 0 fully saturated rings. The van der Waals surface area contributed by atoms with E-state index >= 15 is 0 Å². The molecule has 4 nitrogen and oxygen atoms in total. The summed E-state index contributed by atoms with van der Waals surface area (Å²) in [6, 6.07) is 3.05. The van der Waals surface area contributed by atoms with Crippen LogP contribution in [0.5, 0.6) is 5.75 Å². The van der Waals surface area contributed by atoms with Gasteiger partial charge in [-0.3, -0.25) is 4.79 Å². The number of nitrogens with one attached hydrogen (secondary N) is 1. The van der Waals surface area contributed by atoms with Crippen molar-refractivity contribution < 1.29 is 15.0 Å². The lowest BCUT2D eigenvalue weighted by Gasteiger charge is -2.23. The molecule has 80 valence electrons. The number of aliphatic carboxylic acids is 1. The third-order valence-electron chi connectivity index (χ3n) is 2.78. The highest BCUT2D eigenvalue weighted by Gasteiger charge is 2.24. The van der Waals surface area contributed by atoms with Gasteiger partial charge in [0.1, 0.15) is 11.8 Å². The Hall–Kier alpha value is -1.55. The van der Waals surface area contributed by atoms with E-state index in [2.05, 4.69) is 5.32 Å². The van der Waals surface area contributed by atoms with Gasteiger partial charge in [0.2, 0.25) is 0 Å². The van der Waals surface area contributed by atoms with Crippen LogP contribution >= 0.6 is 0 Å². The maximum Gasteiger partial charge on any atom is 0.321 e. The molecule has 15 heavy (non-hydrogen) atoms.